The van der Waals surface area contributed by atoms with Crippen molar-refractivity contribution in [1.29, 1.82) is 0 Å². The third kappa shape index (κ3) is 2.35. The molecule has 0 spiro atoms. The van der Waals surface area contributed by atoms with Crippen LogP contribution < -0.4 is 10.6 Å². The molecule has 2 fully saturated rings. The van der Waals surface area contributed by atoms with E-state index in [2.05, 4.69) is 10.6 Å². The summed E-state index contributed by atoms with van der Waals surface area (Å²) in [5, 5.41) is 6.03. The molecular formula is C11H19N3O2. The maximum Gasteiger partial charge on any atom is 0.244 e. The maximum atomic E-state index is 11.8. The lowest BCUT2D eigenvalue weighted by atomic mass is 10.0. The number of carbonyl (C=O) groups excluding carboxylic acids is 2. The van der Waals surface area contributed by atoms with E-state index in [1.165, 1.54) is 0 Å². The largest absolute Gasteiger partial charge is 0.344 e. The molecule has 2 amide bonds. The Morgan fingerprint density at radius 3 is 3.00 bits per heavy atom. The van der Waals surface area contributed by atoms with Gasteiger partial charge >= 0.3 is 0 Å². The number of nitrogens with zero attached hydrogens (tertiary/aromatic N) is 1. The minimum absolute atomic E-state index is 0.0265. The van der Waals surface area contributed by atoms with Gasteiger partial charge in [0.1, 0.15) is 6.04 Å². The van der Waals surface area contributed by atoms with E-state index in [1.807, 2.05) is 0 Å². The zero-order valence-electron chi connectivity index (χ0n) is 9.66. The van der Waals surface area contributed by atoms with Crippen molar-refractivity contribution in [2.45, 2.75) is 25.3 Å². The maximum absolute atomic E-state index is 11.8. The van der Waals surface area contributed by atoms with Crippen LogP contribution in [0.4, 0.5) is 0 Å². The molecule has 2 rings (SSSR count). The van der Waals surface area contributed by atoms with Gasteiger partial charge in [-0.1, -0.05) is 0 Å². The quantitative estimate of drug-likeness (QED) is 0.655. The number of likely N-dealkylation sites (tertiary alicyclic amines) is 1. The summed E-state index contributed by atoms with van der Waals surface area (Å²) in [5.74, 6) is 0.115. The predicted molar refractivity (Wildman–Crippen MR) is 59.8 cm³/mol. The van der Waals surface area contributed by atoms with Crippen LogP contribution in [-0.4, -0.2) is 49.4 Å². The number of likely N-dealkylation sites (N-methyl/N-ethyl adjacent to an activating group) is 1. The topological polar surface area (TPSA) is 61.4 Å². The molecule has 0 aromatic carbocycles. The summed E-state index contributed by atoms with van der Waals surface area (Å²) >= 11 is 0. The fourth-order valence-corrected chi connectivity index (χ4v) is 2.33. The van der Waals surface area contributed by atoms with Gasteiger partial charge < -0.3 is 15.5 Å². The van der Waals surface area contributed by atoms with E-state index in [0.717, 1.165) is 38.9 Å². The molecule has 5 nitrogen and oxygen atoms in total. The van der Waals surface area contributed by atoms with Crippen LogP contribution in [0.2, 0.25) is 0 Å². The van der Waals surface area contributed by atoms with Crippen LogP contribution in [0.3, 0.4) is 0 Å². The highest BCUT2D eigenvalue weighted by Gasteiger charge is 2.30. The van der Waals surface area contributed by atoms with Crippen LogP contribution in [0.1, 0.15) is 19.3 Å². The Morgan fingerprint density at radius 2 is 2.31 bits per heavy atom. The molecule has 2 unspecified atom stereocenters. The van der Waals surface area contributed by atoms with Crippen LogP contribution in [0, 0.1) is 5.92 Å². The van der Waals surface area contributed by atoms with Crippen LogP contribution in [0.25, 0.3) is 0 Å². The number of carbonyl (C=O) groups is 2. The summed E-state index contributed by atoms with van der Waals surface area (Å²) in [7, 11) is 1.79. The molecule has 0 aliphatic carbocycles. The Bertz CT molecular complexity index is 287. The minimum atomic E-state index is -0.299. The van der Waals surface area contributed by atoms with Crippen molar-refractivity contribution in [3.63, 3.8) is 0 Å². The molecule has 2 aliphatic heterocycles. The Kier molecular flexibility index (Phi) is 3.43. The highest BCUT2D eigenvalue weighted by Crippen LogP contribution is 2.12. The van der Waals surface area contributed by atoms with Crippen LogP contribution >= 0.6 is 0 Å². The lowest BCUT2D eigenvalue weighted by molar-refractivity contribution is -0.138. The second-order valence-corrected chi connectivity index (χ2v) is 4.65. The zero-order chi connectivity index (χ0) is 11.5. The summed E-state index contributed by atoms with van der Waals surface area (Å²) in [6.07, 6.45) is 2.62. The molecule has 2 N–H and O–H groups in total. The summed E-state index contributed by atoms with van der Waals surface area (Å²) in [4.78, 5) is 25.3. The van der Waals surface area contributed by atoms with Gasteiger partial charge in [0.2, 0.25) is 11.8 Å². The lowest BCUT2D eigenvalue weighted by Crippen LogP contribution is -2.52. The summed E-state index contributed by atoms with van der Waals surface area (Å²) in [5.41, 5.74) is 0. The van der Waals surface area contributed by atoms with Gasteiger partial charge in [-0.3, -0.25) is 9.59 Å². The first-order chi connectivity index (χ1) is 7.68. The minimum Gasteiger partial charge on any atom is -0.344 e. The highest BCUT2D eigenvalue weighted by molar-refractivity contribution is 5.89. The van der Waals surface area contributed by atoms with Crippen molar-refractivity contribution in [3.05, 3.63) is 0 Å². The number of piperidine rings is 1. The van der Waals surface area contributed by atoms with Gasteiger partial charge in [-0.15, -0.1) is 0 Å². The van der Waals surface area contributed by atoms with Gasteiger partial charge in [0.25, 0.3) is 0 Å². The molecule has 0 aromatic heterocycles. The number of nitrogens with one attached hydrogen (secondary N) is 2. The van der Waals surface area contributed by atoms with Crippen molar-refractivity contribution < 1.29 is 9.59 Å². The molecule has 2 saturated heterocycles. The van der Waals surface area contributed by atoms with E-state index in [-0.39, 0.29) is 23.8 Å². The van der Waals surface area contributed by atoms with Crippen molar-refractivity contribution in [1.82, 2.24) is 15.5 Å². The Balaban J connectivity index is 1.88. The first kappa shape index (κ1) is 11.4. The van der Waals surface area contributed by atoms with Crippen molar-refractivity contribution in [2.75, 3.05) is 26.7 Å². The van der Waals surface area contributed by atoms with Crippen molar-refractivity contribution in [2.24, 2.45) is 5.92 Å². The number of rotatable bonds is 2. The van der Waals surface area contributed by atoms with Crippen LogP contribution in [-0.2, 0) is 9.59 Å². The van der Waals surface area contributed by atoms with E-state index in [1.54, 1.807) is 11.9 Å². The summed E-state index contributed by atoms with van der Waals surface area (Å²) in [6.45, 7) is 2.44. The van der Waals surface area contributed by atoms with Crippen LogP contribution in [0.15, 0.2) is 0 Å². The number of hydrogen-bond donors (Lipinski definition) is 2. The second-order valence-electron chi connectivity index (χ2n) is 4.65. The monoisotopic (exact) mass is 225 g/mol. The third-order valence-corrected chi connectivity index (χ3v) is 3.41. The summed E-state index contributed by atoms with van der Waals surface area (Å²) < 4.78 is 0. The number of hydrogen-bond acceptors (Lipinski definition) is 3. The van der Waals surface area contributed by atoms with Gasteiger partial charge in [-0.25, -0.2) is 0 Å². The van der Waals surface area contributed by atoms with Crippen molar-refractivity contribution >= 4 is 11.8 Å². The molecule has 2 atom stereocenters. The van der Waals surface area contributed by atoms with Gasteiger partial charge in [-0.2, -0.15) is 0 Å². The first-order valence-corrected chi connectivity index (χ1v) is 5.94. The molecule has 0 saturated carbocycles. The van der Waals surface area contributed by atoms with E-state index in [0.29, 0.717) is 0 Å². The molecule has 0 bridgehead atoms. The Hall–Kier alpha value is -1.10. The number of amides is 2. The van der Waals surface area contributed by atoms with Crippen molar-refractivity contribution in [3.8, 4) is 0 Å². The second kappa shape index (κ2) is 4.82. The Labute approximate surface area is 95.6 Å². The van der Waals surface area contributed by atoms with E-state index in [4.69, 9.17) is 0 Å². The lowest BCUT2D eigenvalue weighted by Gasteiger charge is -2.30. The fraction of sp³-hybridized carbons (Fsp3) is 0.818. The van der Waals surface area contributed by atoms with E-state index >= 15 is 0 Å². The average Bonchev–Trinajstić information content (AvgIpc) is 2.78. The molecule has 90 valence electrons. The Morgan fingerprint density at radius 1 is 1.50 bits per heavy atom. The van der Waals surface area contributed by atoms with Gasteiger partial charge in [-0.05, 0) is 25.8 Å². The average molecular weight is 225 g/mol. The molecule has 16 heavy (non-hydrogen) atoms. The predicted octanol–water partition coefficient (Wildman–Crippen LogP) is -0.667. The van der Waals surface area contributed by atoms with Gasteiger partial charge in [0.15, 0.2) is 0 Å². The summed E-state index contributed by atoms with van der Waals surface area (Å²) in [6, 6.07) is -0.299. The third-order valence-electron chi connectivity index (χ3n) is 3.41. The normalized spacial score (nSPS) is 30.6. The van der Waals surface area contributed by atoms with Gasteiger partial charge in [0.05, 0.1) is 5.92 Å². The molecule has 0 radical (unpaired) electrons. The molecule has 2 aliphatic rings. The SMILES string of the molecule is CN1CCCC(NC(=O)C2CCNC2)C1=O. The molecule has 5 heteroatoms. The van der Waals surface area contributed by atoms with E-state index in [9.17, 15) is 9.59 Å². The highest BCUT2D eigenvalue weighted by atomic mass is 16.2. The van der Waals surface area contributed by atoms with Crippen LogP contribution in [0.5, 0.6) is 0 Å². The first-order valence-electron chi connectivity index (χ1n) is 5.94. The van der Waals surface area contributed by atoms with Gasteiger partial charge in [0, 0.05) is 20.1 Å². The molecule has 2 heterocycles. The standard InChI is InChI=1S/C11H19N3O2/c1-14-6-2-3-9(11(14)16)13-10(15)8-4-5-12-7-8/h8-9,12H,2-7H2,1H3,(H,13,15). The molecule has 0 aromatic rings. The van der Waals surface area contributed by atoms with E-state index < -0.39 is 0 Å². The smallest absolute Gasteiger partial charge is 0.244 e. The molecular weight excluding hydrogens is 206 g/mol. The fourth-order valence-electron chi connectivity index (χ4n) is 2.33. The zero-order valence-corrected chi connectivity index (χ0v) is 9.66.